The molecule has 1 N–H and O–H groups in total. The molecule has 1 atom stereocenters. The van der Waals surface area contributed by atoms with Gasteiger partial charge < -0.3 is 9.47 Å². The van der Waals surface area contributed by atoms with Gasteiger partial charge in [0.1, 0.15) is 9.96 Å². The van der Waals surface area contributed by atoms with Crippen molar-refractivity contribution in [2.45, 2.75) is 10.3 Å². The molecule has 0 saturated carbocycles. The number of hydrogen-bond acceptors (Lipinski definition) is 5. The van der Waals surface area contributed by atoms with Crippen molar-refractivity contribution in [1.82, 2.24) is 4.72 Å². The molecule has 114 valence electrons. The van der Waals surface area contributed by atoms with Gasteiger partial charge in [-0.15, -0.1) is 11.3 Å². The Morgan fingerprint density at radius 1 is 1.19 bits per heavy atom. The highest BCUT2D eigenvalue weighted by atomic mass is 32.2. The Bertz CT molecular complexity index is 668. The van der Waals surface area contributed by atoms with Crippen LogP contribution in [0.5, 0.6) is 5.75 Å². The lowest BCUT2D eigenvalue weighted by molar-refractivity contribution is 0.105. The molecule has 0 saturated heterocycles. The normalized spacial score (nSPS) is 13.0. The molecule has 0 aliphatic rings. The Kier molecular flexibility index (Phi) is 5.35. The molecule has 21 heavy (non-hydrogen) atoms. The Hall–Kier alpha value is -1.41. The number of para-hydroxylation sites is 1. The smallest absolute Gasteiger partial charge is 0.250 e. The fraction of sp³-hybridized carbons (Fsp3) is 0.286. The minimum absolute atomic E-state index is 0.136. The maximum atomic E-state index is 12.1. The fourth-order valence-corrected chi connectivity index (χ4v) is 3.99. The average Bonchev–Trinajstić information content (AvgIpc) is 3.03. The molecule has 0 bridgehead atoms. The summed E-state index contributed by atoms with van der Waals surface area (Å²) in [5, 5.41) is 1.72. The predicted octanol–water partition coefficient (Wildman–Crippen LogP) is 2.42. The first-order valence-corrected chi connectivity index (χ1v) is 8.63. The first-order valence-electron chi connectivity index (χ1n) is 6.27. The van der Waals surface area contributed by atoms with Gasteiger partial charge in [0.25, 0.3) is 0 Å². The van der Waals surface area contributed by atoms with E-state index in [1.807, 2.05) is 24.3 Å². The molecular formula is C14H17NO4S2. The van der Waals surface area contributed by atoms with Crippen LogP contribution in [0.25, 0.3) is 0 Å². The zero-order chi connectivity index (χ0) is 15.3. The number of methoxy groups -OCH3 is 2. The summed E-state index contributed by atoms with van der Waals surface area (Å²) in [6, 6.07) is 10.6. The molecule has 0 aliphatic heterocycles. The quantitative estimate of drug-likeness (QED) is 0.848. The number of sulfonamides is 1. The van der Waals surface area contributed by atoms with Gasteiger partial charge in [0.2, 0.25) is 10.0 Å². The summed E-state index contributed by atoms with van der Waals surface area (Å²) in [5.74, 6) is 0.666. The lowest BCUT2D eigenvalue weighted by Crippen LogP contribution is -2.29. The second-order valence-electron chi connectivity index (χ2n) is 4.25. The van der Waals surface area contributed by atoms with Gasteiger partial charge in [-0.2, -0.15) is 0 Å². The molecule has 0 amide bonds. The number of rotatable bonds is 7. The van der Waals surface area contributed by atoms with Gasteiger partial charge >= 0.3 is 0 Å². The van der Waals surface area contributed by atoms with Crippen LogP contribution in [0, 0.1) is 0 Å². The largest absolute Gasteiger partial charge is 0.496 e. The van der Waals surface area contributed by atoms with Gasteiger partial charge in [-0.3, -0.25) is 0 Å². The molecule has 1 aromatic carbocycles. The van der Waals surface area contributed by atoms with E-state index in [-0.39, 0.29) is 10.8 Å². The van der Waals surface area contributed by atoms with Crippen molar-refractivity contribution in [3.05, 3.63) is 47.3 Å². The Morgan fingerprint density at radius 2 is 1.95 bits per heavy atom. The van der Waals surface area contributed by atoms with E-state index in [2.05, 4.69) is 4.72 Å². The van der Waals surface area contributed by atoms with Crippen molar-refractivity contribution in [1.29, 1.82) is 0 Å². The highest BCUT2D eigenvalue weighted by Gasteiger charge is 2.20. The summed E-state index contributed by atoms with van der Waals surface area (Å²) in [5.41, 5.74) is 0.802. The van der Waals surface area contributed by atoms with Crippen molar-refractivity contribution in [3.63, 3.8) is 0 Å². The van der Waals surface area contributed by atoms with Crippen LogP contribution < -0.4 is 9.46 Å². The van der Waals surface area contributed by atoms with Crippen LogP contribution in [0.4, 0.5) is 0 Å². The molecule has 0 fully saturated rings. The lowest BCUT2D eigenvalue weighted by atomic mass is 10.1. The van der Waals surface area contributed by atoms with Crippen LogP contribution in [-0.4, -0.2) is 29.2 Å². The highest BCUT2D eigenvalue weighted by molar-refractivity contribution is 7.91. The third-order valence-electron chi connectivity index (χ3n) is 2.99. The molecule has 7 heteroatoms. The average molecular weight is 327 g/mol. The van der Waals surface area contributed by atoms with Crippen LogP contribution in [0.15, 0.2) is 46.0 Å². The topological polar surface area (TPSA) is 64.6 Å². The number of nitrogens with one attached hydrogen (secondary N) is 1. The SMILES string of the molecule is COc1ccccc1C(CNS(=O)(=O)c1cccs1)OC. The predicted molar refractivity (Wildman–Crippen MR) is 82.3 cm³/mol. The number of thiophene rings is 1. The van der Waals surface area contributed by atoms with E-state index in [0.29, 0.717) is 5.75 Å². The van der Waals surface area contributed by atoms with Crippen LogP contribution >= 0.6 is 11.3 Å². The van der Waals surface area contributed by atoms with Crippen molar-refractivity contribution in [2.24, 2.45) is 0 Å². The Morgan fingerprint density at radius 3 is 2.57 bits per heavy atom. The van der Waals surface area contributed by atoms with Crippen LogP contribution in [-0.2, 0) is 14.8 Å². The molecule has 0 radical (unpaired) electrons. The molecule has 2 aromatic rings. The van der Waals surface area contributed by atoms with Gasteiger partial charge in [-0.25, -0.2) is 13.1 Å². The van der Waals surface area contributed by atoms with Crippen molar-refractivity contribution in [2.75, 3.05) is 20.8 Å². The molecule has 2 rings (SSSR count). The van der Waals surface area contributed by atoms with Gasteiger partial charge in [-0.1, -0.05) is 24.3 Å². The summed E-state index contributed by atoms with van der Waals surface area (Å²) in [7, 11) is -0.393. The maximum absolute atomic E-state index is 12.1. The summed E-state index contributed by atoms with van der Waals surface area (Å²) in [6.45, 7) is 0.136. The number of ether oxygens (including phenoxy) is 2. The molecule has 5 nitrogen and oxygen atoms in total. The van der Waals surface area contributed by atoms with E-state index in [1.54, 1.807) is 24.6 Å². The van der Waals surface area contributed by atoms with Gasteiger partial charge in [0.05, 0.1) is 13.2 Å². The second kappa shape index (κ2) is 7.04. The standard InChI is InChI=1S/C14H17NO4S2/c1-18-12-7-4-3-6-11(12)13(19-2)10-15-21(16,17)14-8-5-9-20-14/h3-9,13,15H,10H2,1-2H3. The summed E-state index contributed by atoms with van der Waals surface area (Å²) >= 11 is 1.18. The Labute approximate surface area is 128 Å². The van der Waals surface area contributed by atoms with Crippen LogP contribution in [0.3, 0.4) is 0 Å². The molecule has 1 aromatic heterocycles. The van der Waals surface area contributed by atoms with Crippen molar-refractivity contribution >= 4 is 21.4 Å². The second-order valence-corrected chi connectivity index (χ2v) is 7.19. The minimum atomic E-state index is -3.50. The summed E-state index contributed by atoms with van der Waals surface area (Å²) in [6.07, 6.45) is -0.420. The monoisotopic (exact) mass is 327 g/mol. The fourth-order valence-electron chi connectivity index (χ4n) is 1.93. The minimum Gasteiger partial charge on any atom is -0.496 e. The Balaban J connectivity index is 2.13. The molecular weight excluding hydrogens is 310 g/mol. The maximum Gasteiger partial charge on any atom is 0.250 e. The third-order valence-corrected chi connectivity index (χ3v) is 5.81. The van der Waals surface area contributed by atoms with E-state index in [1.165, 1.54) is 18.4 Å². The summed E-state index contributed by atoms with van der Waals surface area (Å²) < 4.78 is 37.7. The molecule has 1 heterocycles. The van der Waals surface area contributed by atoms with Gasteiger partial charge in [0, 0.05) is 19.2 Å². The zero-order valence-corrected chi connectivity index (χ0v) is 13.4. The third kappa shape index (κ3) is 3.82. The summed E-state index contributed by atoms with van der Waals surface area (Å²) in [4.78, 5) is 0. The molecule has 0 aliphatic carbocycles. The van der Waals surface area contributed by atoms with Crippen LogP contribution in [0.2, 0.25) is 0 Å². The van der Waals surface area contributed by atoms with Gasteiger partial charge in [0.15, 0.2) is 0 Å². The first kappa shape index (κ1) is 16.0. The number of benzene rings is 1. The lowest BCUT2D eigenvalue weighted by Gasteiger charge is -2.18. The first-order chi connectivity index (χ1) is 10.1. The zero-order valence-electron chi connectivity index (χ0n) is 11.8. The van der Waals surface area contributed by atoms with E-state index in [4.69, 9.17) is 9.47 Å². The number of hydrogen-bond donors (Lipinski definition) is 1. The van der Waals surface area contributed by atoms with Crippen molar-refractivity contribution < 1.29 is 17.9 Å². The molecule has 1 unspecified atom stereocenters. The van der Waals surface area contributed by atoms with E-state index in [0.717, 1.165) is 5.56 Å². The van der Waals surface area contributed by atoms with Crippen LogP contribution in [0.1, 0.15) is 11.7 Å². The molecule has 0 spiro atoms. The van der Waals surface area contributed by atoms with Crippen molar-refractivity contribution in [3.8, 4) is 5.75 Å². The van der Waals surface area contributed by atoms with E-state index >= 15 is 0 Å². The van der Waals surface area contributed by atoms with E-state index in [9.17, 15) is 8.42 Å². The van der Waals surface area contributed by atoms with Gasteiger partial charge in [-0.05, 0) is 17.5 Å². The van der Waals surface area contributed by atoms with E-state index < -0.39 is 16.1 Å². The highest BCUT2D eigenvalue weighted by Crippen LogP contribution is 2.27.